The highest BCUT2D eigenvalue weighted by molar-refractivity contribution is 5.75. The highest BCUT2D eigenvalue weighted by Gasteiger charge is 2.13. The van der Waals surface area contributed by atoms with Crippen molar-refractivity contribution in [3.05, 3.63) is 30.1 Å². The summed E-state index contributed by atoms with van der Waals surface area (Å²) in [6.07, 6.45) is 0.0994. The van der Waals surface area contributed by atoms with Crippen molar-refractivity contribution in [3.63, 3.8) is 0 Å². The second kappa shape index (κ2) is 8.09. The predicted octanol–water partition coefficient (Wildman–Crippen LogP) is 0.561. The summed E-state index contributed by atoms with van der Waals surface area (Å²) in [5, 5.41) is 10.1. The van der Waals surface area contributed by atoms with Crippen LogP contribution in [0.4, 0.5) is 0 Å². The van der Waals surface area contributed by atoms with Crippen molar-refractivity contribution >= 4 is 11.0 Å². The summed E-state index contributed by atoms with van der Waals surface area (Å²) in [7, 11) is 1.62. The van der Waals surface area contributed by atoms with Crippen LogP contribution in [0.1, 0.15) is 5.82 Å². The van der Waals surface area contributed by atoms with E-state index in [1.807, 2.05) is 28.8 Å². The SMILES string of the molecule is COCCOCC(O)Cn1c(CCN)nc2ccccc21. The molecule has 3 N–H and O–H groups in total. The van der Waals surface area contributed by atoms with E-state index in [2.05, 4.69) is 4.98 Å². The molecule has 21 heavy (non-hydrogen) atoms. The van der Waals surface area contributed by atoms with Gasteiger partial charge in [0.15, 0.2) is 0 Å². The molecule has 1 atom stereocenters. The van der Waals surface area contributed by atoms with E-state index in [0.29, 0.717) is 32.7 Å². The molecule has 2 rings (SSSR count). The largest absolute Gasteiger partial charge is 0.389 e. The van der Waals surface area contributed by atoms with Crippen LogP contribution in [0.2, 0.25) is 0 Å². The van der Waals surface area contributed by atoms with E-state index in [1.165, 1.54) is 0 Å². The fourth-order valence-electron chi connectivity index (χ4n) is 2.27. The zero-order valence-electron chi connectivity index (χ0n) is 12.4. The first-order valence-corrected chi connectivity index (χ1v) is 7.15. The monoisotopic (exact) mass is 293 g/mol. The maximum absolute atomic E-state index is 10.1. The van der Waals surface area contributed by atoms with Gasteiger partial charge >= 0.3 is 0 Å². The van der Waals surface area contributed by atoms with E-state index in [9.17, 15) is 5.11 Å². The van der Waals surface area contributed by atoms with Gasteiger partial charge in [-0.3, -0.25) is 0 Å². The van der Waals surface area contributed by atoms with Crippen LogP contribution in [0.5, 0.6) is 0 Å². The Labute approximate surface area is 124 Å². The van der Waals surface area contributed by atoms with Crippen LogP contribution in [0.25, 0.3) is 11.0 Å². The first-order chi connectivity index (χ1) is 10.3. The summed E-state index contributed by atoms with van der Waals surface area (Å²) in [5.41, 5.74) is 7.58. The normalized spacial score (nSPS) is 12.9. The minimum atomic E-state index is -0.587. The van der Waals surface area contributed by atoms with E-state index in [1.54, 1.807) is 7.11 Å². The van der Waals surface area contributed by atoms with Crippen molar-refractivity contribution < 1.29 is 14.6 Å². The minimum Gasteiger partial charge on any atom is -0.389 e. The maximum atomic E-state index is 10.1. The molecule has 0 aliphatic heterocycles. The number of nitrogens with zero attached hydrogens (tertiary/aromatic N) is 2. The van der Waals surface area contributed by atoms with Crippen molar-refractivity contribution in [2.75, 3.05) is 33.5 Å². The van der Waals surface area contributed by atoms with Crippen LogP contribution in [0.3, 0.4) is 0 Å². The Balaban J connectivity index is 2.06. The molecule has 0 bridgehead atoms. The number of hydrogen-bond donors (Lipinski definition) is 2. The van der Waals surface area contributed by atoms with E-state index in [4.69, 9.17) is 15.2 Å². The topological polar surface area (TPSA) is 82.5 Å². The molecule has 0 fully saturated rings. The zero-order valence-corrected chi connectivity index (χ0v) is 12.4. The number of nitrogens with two attached hydrogens (primary N) is 1. The molecule has 2 aromatic rings. The van der Waals surface area contributed by atoms with Gasteiger partial charge in [-0.2, -0.15) is 0 Å². The smallest absolute Gasteiger partial charge is 0.111 e. The number of benzene rings is 1. The molecule has 6 nitrogen and oxygen atoms in total. The molecule has 116 valence electrons. The van der Waals surface area contributed by atoms with Crippen LogP contribution in [0.15, 0.2) is 24.3 Å². The van der Waals surface area contributed by atoms with Gasteiger partial charge in [-0.25, -0.2) is 4.98 Å². The number of ether oxygens (including phenoxy) is 2. The van der Waals surface area contributed by atoms with Crippen molar-refractivity contribution in [1.29, 1.82) is 0 Å². The lowest BCUT2D eigenvalue weighted by molar-refractivity contribution is 0.00736. The molecule has 0 aliphatic carbocycles. The van der Waals surface area contributed by atoms with Crippen LogP contribution in [-0.2, 0) is 22.4 Å². The molecule has 6 heteroatoms. The van der Waals surface area contributed by atoms with Gasteiger partial charge in [0.2, 0.25) is 0 Å². The Morgan fingerprint density at radius 2 is 2.14 bits per heavy atom. The van der Waals surface area contributed by atoms with Crippen molar-refractivity contribution in [3.8, 4) is 0 Å². The third-order valence-electron chi connectivity index (χ3n) is 3.24. The molecule has 0 amide bonds. The summed E-state index contributed by atoms with van der Waals surface area (Å²) in [6, 6.07) is 7.89. The average molecular weight is 293 g/mol. The summed E-state index contributed by atoms with van der Waals surface area (Å²) >= 11 is 0. The fourth-order valence-corrected chi connectivity index (χ4v) is 2.27. The first kappa shape index (κ1) is 15.9. The Morgan fingerprint density at radius 3 is 2.90 bits per heavy atom. The van der Waals surface area contributed by atoms with Crippen LogP contribution < -0.4 is 5.73 Å². The van der Waals surface area contributed by atoms with E-state index in [-0.39, 0.29) is 6.61 Å². The fraction of sp³-hybridized carbons (Fsp3) is 0.533. The van der Waals surface area contributed by atoms with E-state index >= 15 is 0 Å². The summed E-state index contributed by atoms with van der Waals surface area (Å²) in [4.78, 5) is 4.58. The highest BCUT2D eigenvalue weighted by atomic mass is 16.5. The number of para-hydroxylation sites is 2. The van der Waals surface area contributed by atoms with Gasteiger partial charge in [-0.1, -0.05) is 12.1 Å². The standard InChI is InChI=1S/C15H23N3O3/c1-20-8-9-21-11-12(19)10-18-14-5-3-2-4-13(14)17-15(18)6-7-16/h2-5,12,19H,6-11,16H2,1H3. The molecule has 0 spiro atoms. The lowest BCUT2D eigenvalue weighted by Crippen LogP contribution is -2.24. The Bertz CT molecular complexity index is 556. The average Bonchev–Trinajstić information content (AvgIpc) is 2.82. The third kappa shape index (κ3) is 4.25. The quantitative estimate of drug-likeness (QED) is 0.660. The summed E-state index contributed by atoms with van der Waals surface area (Å²) < 4.78 is 12.3. The lowest BCUT2D eigenvalue weighted by atomic mass is 10.3. The maximum Gasteiger partial charge on any atom is 0.111 e. The molecule has 1 aromatic heterocycles. The van der Waals surface area contributed by atoms with Gasteiger partial charge in [-0.15, -0.1) is 0 Å². The molecule has 1 heterocycles. The Kier molecular flexibility index (Phi) is 6.13. The summed E-state index contributed by atoms with van der Waals surface area (Å²) in [5.74, 6) is 0.898. The zero-order chi connectivity index (χ0) is 15.1. The molecule has 0 saturated carbocycles. The number of aliphatic hydroxyl groups is 1. The number of aliphatic hydroxyl groups excluding tert-OH is 1. The van der Waals surface area contributed by atoms with Gasteiger partial charge in [-0.05, 0) is 18.7 Å². The molecular formula is C15H23N3O3. The Morgan fingerprint density at radius 1 is 1.33 bits per heavy atom. The number of rotatable bonds is 9. The van der Waals surface area contributed by atoms with Crippen LogP contribution >= 0.6 is 0 Å². The van der Waals surface area contributed by atoms with Crippen molar-refractivity contribution in [2.45, 2.75) is 19.1 Å². The van der Waals surface area contributed by atoms with Gasteiger partial charge in [0.1, 0.15) is 5.82 Å². The minimum absolute atomic E-state index is 0.276. The molecule has 0 aliphatic rings. The van der Waals surface area contributed by atoms with Crippen molar-refractivity contribution in [2.24, 2.45) is 5.73 Å². The number of imidazole rings is 1. The molecule has 1 aromatic carbocycles. The first-order valence-electron chi connectivity index (χ1n) is 7.15. The number of fused-ring (bicyclic) bond motifs is 1. The molecule has 0 saturated heterocycles. The number of methoxy groups -OCH3 is 1. The van der Waals surface area contributed by atoms with E-state index < -0.39 is 6.10 Å². The molecule has 0 radical (unpaired) electrons. The summed E-state index contributed by atoms with van der Waals surface area (Å²) in [6.45, 7) is 2.26. The van der Waals surface area contributed by atoms with Crippen LogP contribution in [0, 0.1) is 0 Å². The van der Waals surface area contributed by atoms with Gasteiger partial charge < -0.3 is 24.9 Å². The van der Waals surface area contributed by atoms with Gasteiger partial charge in [0, 0.05) is 13.5 Å². The molecule has 1 unspecified atom stereocenters. The van der Waals surface area contributed by atoms with Crippen molar-refractivity contribution in [1.82, 2.24) is 9.55 Å². The van der Waals surface area contributed by atoms with Crippen LogP contribution in [-0.4, -0.2) is 54.2 Å². The van der Waals surface area contributed by atoms with E-state index in [0.717, 1.165) is 16.9 Å². The van der Waals surface area contributed by atoms with Gasteiger partial charge in [0.25, 0.3) is 0 Å². The highest BCUT2D eigenvalue weighted by Crippen LogP contribution is 2.17. The molecular weight excluding hydrogens is 270 g/mol. The van der Waals surface area contributed by atoms with Gasteiger partial charge in [0.05, 0.1) is 43.5 Å². The second-order valence-electron chi connectivity index (χ2n) is 4.89. The number of aromatic nitrogens is 2. The lowest BCUT2D eigenvalue weighted by Gasteiger charge is -2.14. The third-order valence-corrected chi connectivity index (χ3v) is 3.24. The predicted molar refractivity (Wildman–Crippen MR) is 81.2 cm³/mol. The Hall–Kier alpha value is -1.47. The number of hydrogen-bond acceptors (Lipinski definition) is 5. The second-order valence-corrected chi connectivity index (χ2v) is 4.89.